The van der Waals surface area contributed by atoms with Crippen LogP contribution in [0, 0.1) is 40.8 Å². The second-order valence-corrected chi connectivity index (χ2v) is 12.7. The fraction of sp³-hybridized carbons (Fsp3) is 0.500. The molecule has 1 nitrogen and oxygen atoms in total. The summed E-state index contributed by atoms with van der Waals surface area (Å²) < 4.78 is 131. The van der Waals surface area contributed by atoms with E-state index in [4.69, 9.17) is 0 Å². The summed E-state index contributed by atoms with van der Waals surface area (Å²) in [6.07, 6.45) is 1.51. The van der Waals surface area contributed by atoms with Crippen molar-refractivity contribution in [2.45, 2.75) is 109 Å². The van der Waals surface area contributed by atoms with Crippen LogP contribution in [-0.2, 0) is 25.7 Å². The smallest absolute Gasteiger partial charge is 0.403 e. The van der Waals surface area contributed by atoms with E-state index in [0.717, 1.165) is 31.4 Å². The zero-order valence-corrected chi connectivity index (χ0v) is 25.6. The van der Waals surface area contributed by atoms with Gasteiger partial charge >= 0.3 is 6.36 Å². The third-order valence-electron chi connectivity index (χ3n) is 9.75. The van der Waals surface area contributed by atoms with Gasteiger partial charge in [-0.25, -0.2) is 22.0 Å². The number of hydrogen-bond donors (Lipinski definition) is 0. The third kappa shape index (κ3) is 7.52. The molecule has 1 fully saturated rings. The van der Waals surface area contributed by atoms with Crippen LogP contribution in [0.15, 0.2) is 30.3 Å². The predicted octanol–water partition coefficient (Wildman–Crippen LogP) is 11.3. The Labute approximate surface area is 263 Å². The van der Waals surface area contributed by atoms with Crippen molar-refractivity contribution >= 4 is 0 Å². The molecule has 0 heterocycles. The summed E-state index contributed by atoms with van der Waals surface area (Å²) in [5, 5.41) is 0. The summed E-state index contributed by atoms with van der Waals surface area (Å²) in [4.78, 5) is 0. The summed E-state index contributed by atoms with van der Waals surface area (Å²) in [6.45, 7) is 2.04. The van der Waals surface area contributed by atoms with Crippen molar-refractivity contribution in [1.29, 1.82) is 0 Å². The van der Waals surface area contributed by atoms with Gasteiger partial charge in [-0.1, -0.05) is 38.0 Å². The van der Waals surface area contributed by atoms with Crippen LogP contribution >= 0.6 is 0 Å². The van der Waals surface area contributed by atoms with Crippen LogP contribution in [0.25, 0.3) is 0 Å². The van der Waals surface area contributed by atoms with Crippen LogP contribution in [0.1, 0.15) is 110 Å². The minimum Gasteiger partial charge on any atom is -0.403 e. The first-order chi connectivity index (χ1) is 21.9. The molecule has 0 bridgehead atoms. The minimum atomic E-state index is -5.17. The highest BCUT2D eigenvalue weighted by molar-refractivity contribution is 5.40. The van der Waals surface area contributed by atoms with Gasteiger partial charge in [0.2, 0.25) is 5.82 Å². The molecule has 5 rings (SSSR count). The lowest BCUT2D eigenvalue weighted by atomic mass is 9.74. The average Bonchev–Trinajstić information content (AvgIpc) is 3.01. The van der Waals surface area contributed by atoms with Gasteiger partial charge in [-0.05, 0) is 128 Å². The third-order valence-corrected chi connectivity index (χ3v) is 9.75. The molecule has 10 heteroatoms. The molecule has 1 atom stereocenters. The number of hydrogen-bond acceptors (Lipinski definition) is 1. The van der Waals surface area contributed by atoms with Crippen molar-refractivity contribution in [1.82, 2.24) is 0 Å². The molecule has 0 N–H and O–H groups in total. The second-order valence-electron chi connectivity index (χ2n) is 12.7. The summed E-state index contributed by atoms with van der Waals surface area (Å²) in [6, 6.07) is 6.46. The van der Waals surface area contributed by atoms with Crippen LogP contribution < -0.4 is 4.74 Å². The van der Waals surface area contributed by atoms with Gasteiger partial charge in [0.1, 0.15) is 11.6 Å². The van der Waals surface area contributed by atoms with E-state index in [1.165, 1.54) is 6.07 Å². The number of ether oxygens (including phenoxy) is 1. The van der Waals surface area contributed by atoms with E-state index in [1.807, 2.05) is 6.92 Å². The molecular formula is C36H37F9O. The van der Waals surface area contributed by atoms with Crippen molar-refractivity contribution < 1.29 is 44.3 Å². The fourth-order valence-electron chi connectivity index (χ4n) is 7.26. The lowest BCUT2D eigenvalue weighted by Gasteiger charge is -2.32. The number of aryl methyl sites for hydroxylation is 2. The monoisotopic (exact) mass is 656 g/mol. The molecule has 2 aliphatic carbocycles. The van der Waals surface area contributed by atoms with Gasteiger partial charge < -0.3 is 4.74 Å². The Morgan fingerprint density at radius 2 is 1.37 bits per heavy atom. The molecule has 0 amide bonds. The molecule has 0 spiro atoms. The van der Waals surface area contributed by atoms with E-state index in [-0.39, 0.29) is 29.9 Å². The fourth-order valence-corrected chi connectivity index (χ4v) is 7.26. The quantitative estimate of drug-likeness (QED) is 0.156. The number of unbranched alkanes of at least 4 members (excludes halogenated alkanes) is 2. The Balaban J connectivity index is 1.21. The van der Waals surface area contributed by atoms with Crippen molar-refractivity contribution in [2.75, 3.05) is 0 Å². The van der Waals surface area contributed by atoms with Gasteiger partial charge in [0.05, 0.1) is 0 Å². The molecule has 0 aliphatic heterocycles. The van der Waals surface area contributed by atoms with E-state index in [1.54, 1.807) is 12.1 Å². The van der Waals surface area contributed by atoms with Crippen molar-refractivity contribution in [3.8, 4) is 5.75 Å². The van der Waals surface area contributed by atoms with Gasteiger partial charge in [-0.15, -0.1) is 13.2 Å². The zero-order chi connectivity index (χ0) is 33.2. The Kier molecular flexibility index (Phi) is 10.6. The van der Waals surface area contributed by atoms with Crippen LogP contribution in [-0.4, -0.2) is 6.36 Å². The molecule has 3 aromatic rings. The van der Waals surface area contributed by atoms with Crippen LogP contribution in [0.2, 0.25) is 0 Å². The maximum absolute atomic E-state index is 15.8. The van der Waals surface area contributed by atoms with Gasteiger partial charge in [-0.2, -0.15) is 4.39 Å². The lowest BCUT2D eigenvalue weighted by molar-refractivity contribution is -0.275. The van der Waals surface area contributed by atoms with E-state index in [9.17, 15) is 30.7 Å². The summed E-state index contributed by atoms with van der Waals surface area (Å²) >= 11 is 0. The Morgan fingerprint density at radius 1 is 0.717 bits per heavy atom. The number of halogens is 9. The second kappa shape index (κ2) is 14.3. The molecule has 0 radical (unpaired) electrons. The van der Waals surface area contributed by atoms with Gasteiger partial charge in [0.25, 0.3) is 0 Å². The number of fused-ring (bicyclic) bond motifs is 1. The molecule has 0 saturated heterocycles. The topological polar surface area (TPSA) is 9.23 Å². The first kappa shape index (κ1) is 34.2. The highest BCUT2D eigenvalue weighted by Gasteiger charge is 2.35. The first-order valence-corrected chi connectivity index (χ1v) is 16.1. The summed E-state index contributed by atoms with van der Waals surface area (Å²) in [7, 11) is 0. The maximum atomic E-state index is 15.8. The molecule has 0 aromatic heterocycles. The average molecular weight is 657 g/mol. The highest BCUT2D eigenvalue weighted by Crippen LogP contribution is 2.45. The molecule has 2 aliphatic rings. The maximum Gasteiger partial charge on any atom is 0.573 e. The lowest BCUT2D eigenvalue weighted by Crippen LogP contribution is -2.21. The molecule has 1 unspecified atom stereocenters. The van der Waals surface area contributed by atoms with Gasteiger partial charge in [-0.3, -0.25) is 0 Å². The van der Waals surface area contributed by atoms with Crippen LogP contribution in [0.4, 0.5) is 39.5 Å². The number of rotatable bonds is 10. The molecule has 3 aromatic carbocycles. The standard InChI is InChI=1S/C36H37F9O/c1-2-3-4-5-23-13-14-24(32(39)31(23)38)8-6-20-7-15-27-25(18-20)19-28(37)30(33(27)40)22-11-9-21(10-12-22)26-16-17-29(35(42)34(26)41)46-36(43,44)45/h13-14,16-17,19-22H,2-12,15,18H2,1H3. The first-order valence-electron chi connectivity index (χ1n) is 16.1. The Morgan fingerprint density at radius 3 is 2.02 bits per heavy atom. The van der Waals surface area contributed by atoms with E-state index < -0.39 is 58.9 Å². The van der Waals surface area contributed by atoms with Crippen molar-refractivity contribution in [3.05, 3.63) is 98.6 Å². The van der Waals surface area contributed by atoms with Crippen molar-refractivity contribution in [2.24, 2.45) is 5.92 Å². The Hall–Kier alpha value is -3.17. The molecule has 250 valence electrons. The summed E-state index contributed by atoms with van der Waals surface area (Å²) in [5.74, 6) is -8.21. The molecular weight excluding hydrogens is 619 g/mol. The highest BCUT2D eigenvalue weighted by atomic mass is 19.4. The van der Waals surface area contributed by atoms with Gasteiger partial charge in [0.15, 0.2) is 23.2 Å². The van der Waals surface area contributed by atoms with Gasteiger partial charge in [0, 0.05) is 5.56 Å². The normalized spacial score (nSPS) is 20.1. The van der Waals surface area contributed by atoms with E-state index in [2.05, 4.69) is 4.74 Å². The number of benzene rings is 3. The SMILES string of the molecule is CCCCCc1ccc(CCC2CCc3c(cc(F)c(C4CCC(c5ccc(OC(F)(F)F)c(F)c5F)CC4)c3F)C2)c(F)c1F. The molecule has 46 heavy (non-hydrogen) atoms. The van der Waals surface area contributed by atoms with Crippen LogP contribution in [0.5, 0.6) is 5.75 Å². The van der Waals surface area contributed by atoms with Crippen molar-refractivity contribution in [3.63, 3.8) is 0 Å². The zero-order valence-electron chi connectivity index (χ0n) is 25.6. The van der Waals surface area contributed by atoms with Crippen LogP contribution in [0.3, 0.4) is 0 Å². The minimum absolute atomic E-state index is 0.0206. The summed E-state index contributed by atoms with van der Waals surface area (Å²) in [5.41, 5.74) is 1.60. The number of alkyl halides is 3. The Bertz CT molecular complexity index is 1540. The van der Waals surface area contributed by atoms with E-state index in [0.29, 0.717) is 73.6 Å². The largest absolute Gasteiger partial charge is 0.573 e. The van der Waals surface area contributed by atoms with E-state index >= 15 is 8.78 Å². The predicted molar refractivity (Wildman–Crippen MR) is 157 cm³/mol. The molecule has 1 saturated carbocycles.